The summed E-state index contributed by atoms with van der Waals surface area (Å²) >= 11 is 1.55. The van der Waals surface area contributed by atoms with Crippen LogP contribution in [0.4, 0.5) is 0 Å². The average Bonchev–Trinajstić information content (AvgIpc) is 3.19. The first kappa shape index (κ1) is 27.7. The molecular weight excluding hydrogens is 440 g/mol. The van der Waals surface area contributed by atoms with E-state index in [1.807, 2.05) is 6.26 Å². The van der Waals surface area contributed by atoms with E-state index in [1.165, 1.54) is 4.90 Å². The molecule has 1 heterocycles. The number of hydrogen-bond donors (Lipinski definition) is 5. The summed E-state index contributed by atoms with van der Waals surface area (Å²) in [6.07, 6.45) is 2.71. The van der Waals surface area contributed by atoms with Crippen LogP contribution in [0.3, 0.4) is 0 Å². The zero-order valence-corrected chi connectivity index (χ0v) is 19.5. The van der Waals surface area contributed by atoms with Crippen molar-refractivity contribution in [3.63, 3.8) is 0 Å². The van der Waals surface area contributed by atoms with Crippen molar-refractivity contribution < 1.29 is 34.2 Å². The van der Waals surface area contributed by atoms with E-state index >= 15 is 0 Å². The molecule has 0 spiro atoms. The number of carboxylic acids is 2. The van der Waals surface area contributed by atoms with E-state index in [-0.39, 0.29) is 18.2 Å². The molecule has 1 aliphatic heterocycles. The van der Waals surface area contributed by atoms with E-state index in [0.717, 1.165) is 0 Å². The van der Waals surface area contributed by atoms with Gasteiger partial charge in [-0.15, -0.1) is 0 Å². The summed E-state index contributed by atoms with van der Waals surface area (Å²) < 4.78 is 0. The van der Waals surface area contributed by atoms with E-state index in [4.69, 9.17) is 10.8 Å². The lowest BCUT2D eigenvalue weighted by Gasteiger charge is -2.28. The predicted molar refractivity (Wildman–Crippen MR) is 119 cm³/mol. The molecule has 0 aromatic rings. The molecule has 32 heavy (non-hydrogen) atoms. The van der Waals surface area contributed by atoms with Gasteiger partial charge in [0.05, 0.1) is 12.5 Å². The normalized spacial score (nSPS) is 18.7. The van der Waals surface area contributed by atoms with Gasteiger partial charge in [-0.3, -0.25) is 19.2 Å². The number of nitrogens with zero attached hydrogens (tertiary/aromatic N) is 1. The highest BCUT2D eigenvalue weighted by molar-refractivity contribution is 7.98. The lowest BCUT2D eigenvalue weighted by molar-refractivity contribution is -0.145. The summed E-state index contributed by atoms with van der Waals surface area (Å²) in [5, 5.41) is 23.2. The van der Waals surface area contributed by atoms with Crippen molar-refractivity contribution in [1.82, 2.24) is 15.5 Å². The molecule has 0 radical (unpaired) electrons. The first-order valence-electron chi connectivity index (χ1n) is 10.6. The topological polar surface area (TPSA) is 179 Å². The van der Waals surface area contributed by atoms with Crippen LogP contribution in [-0.2, 0) is 24.0 Å². The van der Waals surface area contributed by atoms with E-state index in [9.17, 15) is 29.1 Å². The van der Waals surface area contributed by atoms with Gasteiger partial charge in [0.25, 0.3) is 0 Å². The number of amides is 3. The van der Waals surface area contributed by atoms with Crippen molar-refractivity contribution >= 4 is 41.4 Å². The van der Waals surface area contributed by atoms with Crippen LogP contribution >= 0.6 is 11.8 Å². The third-order valence-corrected chi connectivity index (χ3v) is 5.77. The molecule has 0 aromatic heterocycles. The van der Waals surface area contributed by atoms with Gasteiger partial charge < -0.3 is 31.5 Å². The highest BCUT2D eigenvalue weighted by Gasteiger charge is 2.38. The Hall–Kier alpha value is -2.34. The van der Waals surface area contributed by atoms with Crippen molar-refractivity contribution in [3.8, 4) is 0 Å². The van der Waals surface area contributed by atoms with Crippen molar-refractivity contribution in [3.05, 3.63) is 0 Å². The number of thioether (sulfide) groups is 1. The molecule has 0 aromatic carbocycles. The molecule has 4 atom stereocenters. The van der Waals surface area contributed by atoms with Crippen LogP contribution in [0.15, 0.2) is 0 Å². The average molecular weight is 475 g/mol. The third-order valence-electron chi connectivity index (χ3n) is 5.12. The number of nitrogens with one attached hydrogen (secondary N) is 2. The summed E-state index contributed by atoms with van der Waals surface area (Å²) in [6.45, 7) is 3.91. The lowest BCUT2D eigenvalue weighted by Crippen LogP contribution is -2.57. The molecule has 1 saturated heterocycles. The Morgan fingerprint density at radius 2 is 1.78 bits per heavy atom. The molecule has 182 valence electrons. The molecule has 6 N–H and O–H groups in total. The van der Waals surface area contributed by atoms with Crippen molar-refractivity contribution in [2.75, 3.05) is 18.6 Å². The largest absolute Gasteiger partial charge is 0.481 e. The summed E-state index contributed by atoms with van der Waals surface area (Å²) in [6, 6.07) is -4.30. The van der Waals surface area contributed by atoms with E-state index in [0.29, 0.717) is 31.6 Å². The molecular formula is C20H34N4O7S. The molecule has 11 nitrogen and oxygen atoms in total. The Morgan fingerprint density at radius 1 is 1.12 bits per heavy atom. The Kier molecular flexibility index (Phi) is 11.5. The maximum Gasteiger partial charge on any atom is 0.326 e. The molecule has 4 unspecified atom stereocenters. The quantitative estimate of drug-likeness (QED) is 0.238. The van der Waals surface area contributed by atoms with E-state index in [2.05, 4.69) is 10.6 Å². The second kappa shape index (κ2) is 13.3. The standard InChI is InChI=1S/C20H34N4O7S/c1-11(2)9-14(20(30)31)23-17(27)13(10-16(25)26)22-18(28)15-5-4-7-24(15)19(29)12(21)6-8-32-3/h11-15H,4-10,21H2,1-3H3,(H,22,28)(H,23,27)(H,25,26)(H,30,31). The maximum atomic E-state index is 12.9. The highest BCUT2D eigenvalue weighted by Crippen LogP contribution is 2.19. The van der Waals surface area contributed by atoms with Crippen LogP contribution in [0, 0.1) is 5.92 Å². The molecule has 1 fully saturated rings. The van der Waals surface area contributed by atoms with Crippen molar-refractivity contribution in [2.45, 2.75) is 70.1 Å². The SMILES string of the molecule is CSCCC(N)C(=O)N1CCCC1C(=O)NC(CC(=O)O)C(=O)NC(CC(C)C)C(=O)O. The number of aliphatic carboxylic acids is 2. The summed E-state index contributed by atoms with van der Waals surface area (Å²) in [5.74, 6) is -3.85. The van der Waals surface area contributed by atoms with Gasteiger partial charge in [-0.1, -0.05) is 13.8 Å². The van der Waals surface area contributed by atoms with Crippen LogP contribution < -0.4 is 16.4 Å². The first-order chi connectivity index (χ1) is 15.0. The number of carbonyl (C=O) groups excluding carboxylic acids is 3. The Balaban J connectivity index is 2.90. The van der Waals surface area contributed by atoms with Gasteiger partial charge in [0.1, 0.15) is 18.1 Å². The fraction of sp³-hybridized carbons (Fsp3) is 0.750. The van der Waals surface area contributed by atoms with Crippen LogP contribution in [-0.4, -0.2) is 87.5 Å². The van der Waals surface area contributed by atoms with Crippen LogP contribution in [0.1, 0.15) is 46.0 Å². The Labute approximate surface area is 191 Å². The van der Waals surface area contributed by atoms with Crippen LogP contribution in [0.25, 0.3) is 0 Å². The van der Waals surface area contributed by atoms with Gasteiger partial charge in [0, 0.05) is 6.54 Å². The molecule has 0 aliphatic carbocycles. The lowest BCUT2D eigenvalue weighted by atomic mass is 10.0. The Bertz CT molecular complexity index is 703. The van der Waals surface area contributed by atoms with Gasteiger partial charge in [0.2, 0.25) is 17.7 Å². The first-order valence-corrected chi connectivity index (χ1v) is 12.0. The minimum Gasteiger partial charge on any atom is -0.481 e. The number of hydrogen-bond acceptors (Lipinski definition) is 7. The van der Waals surface area contributed by atoms with Gasteiger partial charge in [-0.2, -0.15) is 11.8 Å². The summed E-state index contributed by atoms with van der Waals surface area (Å²) in [7, 11) is 0. The highest BCUT2D eigenvalue weighted by atomic mass is 32.2. The minimum absolute atomic E-state index is 0.0303. The van der Waals surface area contributed by atoms with Gasteiger partial charge in [-0.05, 0) is 43.6 Å². The molecule has 1 aliphatic rings. The monoisotopic (exact) mass is 474 g/mol. The van der Waals surface area contributed by atoms with Gasteiger partial charge in [0.15, 0.2) is 0 Å². The van der Waals surface area contributed by atoms with Gasteiger partial charge >= 0.3 is 11.9 Å². The molecule has 12 heteroatoms. The zero-order chi connectivity index (χ0) is 24.4. The second-order valence-electron chi connectivity index (χ2n) is 8.27. The molecule has 3 amide bonds. The van der Waals surface area contributed by atoms with Crippen LogP contribution in [0.5, 0.6) is 0 Å². The number of likely N-dealkylation sites (tertiary alicyclic amines) is 1. The number of rotatable bonds is 13. The number of nitrogens with two attached hydrogens (primary N) is 1. The smallest absolute Gasteiger partial charge is 0.326 e. The molecule has 1 rings (SSSR count). The fourth-order valence-electron chi connectivity index (χ4n) is 3.50. The Morgan fingerprint density at radius 3 is 2.31 bits per heavy atom. The van der Waals surface area contributed by atoms with E-state index < -0.39 is 54.3 Å². The number of carbonyl (C=O) groups is 5. The van der Waals surface area contributed by atoms with Crippen molar-refractivity contribution in [2.24, 2.45) is 11.7 Å². The maximum absolute atomic E-state index is 12.9. The molecule has 0 saturated carbocycles. The van der Waals surface area contributed by atoms with Crippen molar-refractivity contribution in [1.29, 1.82) is 0 Å². The third kappa shape index (κ3) is 8.65. The number of carboxylic acid groups (broad SMARTS) is 2. The van der Waals surface area contributed by atoms with Gasteiger partial charge in [-0.25, -0.2) is 4.79 Å². The molecule has 0 bridgehead atoms. The summed E-state index contributed by atoms with van der Waals surface area (Å²) in [5.41, 5.74) is 5.95. The van der Waals surface area contributed by atoms with E-state index in [1.54, 1.807) is 25.6 Å². The summed E-state index contributed by atoms with van der Waals surface area (Å²) in [4.78, 5) is 62.2. The second-order valence-corrected chi connectivity index (χ2v) is 9.25. The fourth-order valence-corrected chi connectivity index (χ4v) is 3.99. The predicted octanol–water partition coefficient (Wildman–Crippen LogP) is -0.367. The minimum atomic E-state index is -1.48. The zero-order valence-electron chi connectivity index (χ0n) is 18.7. The van der Waals surface area contributed by atoms with Crippen LogP contribution in [0.2, 0.25) is 0 Å².